The lowest BCUT2D eigenvalue weighted by atomic mass is 9.99. The van der Waals surface area contributed by atoms with Gasteiger partial charge in [-0.25, -0.2) is 14.6 Å². The van der Waals surface area contributed by atoms with Crippen molar-refractivity contribution in [1.82, 2.24) is 35.2 Å². The highest BCUT2D eigenvalue weighted by atomic mass is 16.2. The lowest BCUT2D eigenvalue weighted by Crippen LogP contribution is -2.54. The Hall–Kier alpha value is -2.78. The van der Waals surface area contributed by atoms with Crippen molar-refractivity contribution >= 4 is 28.8 Å². The van der Waals surface area contributed by atoms with Gasteiger partial charge in [0.25, 0.3) is 0 Å². The second-order valence-corrected chi connectivity index (χ2v) is 7.01. The summed E-state index contributed by atoms with van der Waals surface area (Å²) in [4.78, 5) is 36.3. The molecule has 2 aliphatic heterocycles. The monoisotopic (exact) mass is 372 g/mol. The molecule has 1 N–H and O–H groups in total. The van der Waals surface area contributed by atoms with Crippen LogP contribution in [-0.2, 0) is 16.1 Å². The molecule has 27 heavy (non-hydrogen) atoms. The number of amides is 2. The highest BCUT2D eigenvalue weighted by Gasteiger charge is 2.35. The highest BCUT2D eigenvalue weighted by molar-refractivity contribution is 5.86. The minimum atomic E-state index is -0.0512. The molecule has 2 aromatic heterocycles. The molecule has 144 valence electrons. The van der Waals surface area contributed by atoms with Gasteiger partial charge in [-0.05, 0) is 19.8 Å². The molecule has 4 rings (SSSR count). The maximum absolute atomic E-state index is 12.3. The summed E-state index contributed by atoms with van der Waals surface area (Å²) in [5.41, 5.74) is 1.39. The summed E-state index contributed by atoms with van der Waals surface area (Å²) in [7, 11) is 0. The van der Waals surface area contributed by atoms with Crippen LogP contribution in [-0.4, -0.2) is 74.4 Å². The summed E-state index contributed by atoms with van der Waals surface area (Å²) >= 11 is 0. The number of aromatic nitrogens is 5. The van der Waals surface area contributed by atoms with Crippen molar-refractivity contribution in [2.24, 2.45) is 5.92 Å². The SMILES string of the molecule is CCn1nnc2c(N3CC(C(=O)NCCCN4CCCC4=O)C3)ncnc21. The summed E-state index contributed by atoms with van der Waals surface area (Å²) in [5.74, 6) is 0.967. The van der Waals surface area contributed by atoms with Crippen LogP contribution in [0.4, 0.5) is 5.82 Å². The normalized spacial score (nSPS) is 17.6. The predicted octanol–water partition coefficient (Wildman–Crippen LogP) is -0.194. The van der Waals surface area contributed by atoms with E-state index in [1.807, 2.05) is 16.7 Å². The van der Waals surface area contributed by atoms with E-state index in [9.17, 15) is 9.59 Å². The fourth-order valence-corrected chi connectivity index (χ4v) is 3.61. The molecule has 2 aliphatic rings. The molecule has 10 nitrogen and oxygen atoms in total. The van der Waals surface area contributed by atoms with Gasteiger partial charge >= 0.3 is 0 Å². The molecule has 0 unspecified atom stereocenters. The molecule has 2 fully saturated rings. The molecular weight excluding hydrogens is 348 g/mol. The van der Waals surface area contributed by atoms with Crippen molar-refractivity contribution in [3.05, 3.63) is 6.33 Å². The summed E-state index contributed by atoms with van der Waals surface area (Å²) in [6, 6.07) is 0. The van der Waals surface area contributed by atoms with E-state index < -0.39 is 0 Å². The van der Waals surface area contributed by atoms with Crippen LogP contribution >= 0.6 is 0 Å². The Morgan fingerprint density at radius 3 is 2.93 bits per heavy atom. The zero-order valence-corrected chi connectivity index (χ0v) is 15.5. The maximum atomic E-state index is 12.3. The van der Waals surface area contributed by atoms with Crippen molar-refractivity contribution in [3.8, 4) is 0 Å². The van der Waals surface area contributed by atoms with Gasteiger partial charge in [-0.15, -0.1) is 5.10 Å². The quantitative estimate of drug-likeness (QED) is 0.671. The molecule has 4 heterocycles. The van der Waals surface area contributed by atoms with Crippen LogP contribution in [0.2, 0.25) is 0 Å². The summed E-state index contributed by atoms with van der Waals surface area (Å²) in [5, 5.41) is 11.2. The van der Waals surface area contributed by atoms with E-state index in [1.165, 1.54) is 6.33 Å². The number of hydrogen-bond acceptors (Lipinski definition) is 7. The van der Waals surface area contributed by atoms with Gasteiger partial charge in [0, 0.05) is 45.7 Å². The number of hydrogen-bond donors (Lipinski definition) is 1. The van der Waals surface area contributed by atoms with E-state index in [1.54, 1.807) is 4.68 Å². The number of aryl methyl sites for hydroxylation is 1. The van der Waals surface area contributed by atoms with Gasteiger partial charge in [-0.2, -0.15) is 0 Å². The van der Waals surface area contributed by atoms with Crippen molar-refractivity contribution < 1.29 is 9.59 Å². The van der Waals surface area contributed by atoms with Gasteiger partial charge in [0.05, 0.1) is 5.92 Å². The second kappa shape index (κ2) is 7.45. The first-order chi connectivity index (χ1) is 13.2. The van der Waals surface area contributed by atoms with E-state index in [2.05, 4.69) is 25.6 Å². The van der Waals surface area contributed by atoms with E-state index in [0.29, 0.717) is 43.8 Å². The minimum absolute atomic E-state index is 0.0512. The van der Waals surface area contributed by atoms with E-state index in [4.69, 9.17) is 0 Å². The number of carbonyl (C=O) groups excluding carboxylic acids is 2. The largest absolute Gasteiger partial charge is 0.356 e. The number of rotatable bonds is 7. The Bertz CT molecular complexity index is 845. The van der Waals surface area contributed by atoms with E-state index >= 15 is 0 Å². The zero-order valence-electron chi connectivity index (χ0n) is 15.5. The number of likely N-dealkylation sites (tertiary alicyclic amines) is 1. The number of anilines is 1. The summed E-state index contributed by atoms with van der Waals surface area (Å²) < 4.78 is 1.73. The fourth-order valence-electron chi connectivity index (χ4n) is 3.61. The fraction of sp³-hybridized carbons (Fsp3) is 0.647. The zero-order chi connectivity index (χ0) is 18.8. The molecular formula is C17H24N8O2. The average molecular weight is 372 g/mol. The van der Waals surface area contributed by atoms with Crippen LogP contribution < -0.4 is 10.2 Å². The van der Waals surface area contributed by atoms with Crippen molar-refractivity contribution in [2.45, 2.75) is 32.7 Å². The number of carbonyl (C=O) groups is 2. The molecule has 0 radical (unpaired) electrons. The molecule has 2 aromatic rings. The van der Waals surface area contributed by atoms with Crippen molar-refractivity contribution in [3.63, 3.8) is 0 Å². The van der Waals surface area contributed by atoms with Gasteiger partial charge in [-0.3, -0.25) is 9.59 Å². The third-order valence-electron chi connectivity index (χ3n) is 5.21. The first kappa shape index (κ1) is 17.6. The Morgan fingerprint density at radius 1 is 1.33 bits per heavy atom. The first-order valence-electron chi connectivity index (χ1n) is 9.52. The number of fused-ring (bicyclic) bond motifs is 1. The third-order valence-corrected chi connectivity index (χ3v) is 5.21. The molecule has 2 saturated heterocycles. The predicted molar refractivity (Wildman–Crippen MR) is 97.9 cm³/mol. The molecule has 0 aliphatic carbocycles. The van der Waals surface area contributed by atoms with Crippen molar-refractivity contribution in [2.75, 3.05) is 37.6 Å². The Morgan fingerprint density at radius 2 is 2.19 bits per heavy atom. The standard InChI is InChI=1S/C17H24N8O2/c1-2-25-16-14(21-22-25)15(19-11-20-16)24-9-12(10-24)17(27)18-6-4-8-23-7-3-5-13(23)26/h11-12H,2-10H2,1H3,(H,18,27). The summed E-state index contributed by atoms with van der Waals surface area (Å²) in [6.07, 6.45) is 3.92. The van der Waals surface area contributed by atoms with Gasteiger partial charge < -0.3 is 15.1 Å². The van der Waals surface area contributed by atoms with Gasteiger partial charge in [0.2, 0.25) is 11.8 Å². The smallest absolute Gasteiger partial charge is 0.226 e. The Balaban J connectivity index is 1.25. The van der Waals surface area contributed by atoms with Crippen LogP contribution in [0.1, 0.15) is 26.2 Å². The molecule has 0 atom stereocenters. The molecule has 0 saturated carbocycles. The summed E-state index contributed by atoms with van der Waals surface area (Å²) in [6.45, 7) is 6.08. The number of nitrogens with zero attached hydrogens (tertiary/aromatic N) is 7. The Labute approximate surface area is 156 Å². The molecule has 0 aromatic carbocycles. The molecule has 10 heteroatoms. The van der Waals surface area contributed by atoms with Crippen LogP contribution in [0.3, 0.4) is 0 Å². The van der Waals surface area contributed by atoms with Gasteiger partial charge in [-0.1, -0.05) is 5.21 Å². The maximum Gasteiger partial charge on any atom is 0.226 e. The lowest BCUT2D eigenvalue weighted by molar-refractivity contribution is -0.127. The van der Waals surface area contributed by atoms with Crippen LogP contribution in [0.25, 0.3) is 11.2 Å². The van der Waals surface area contributed by atoms with Crippen molar-refractivity contribution in [1.29, 1.82) is 0 Å². The molecule has 0 spiro atoms. The van der Waals surface area contributed by atoms with Crippen LogP contribution in [0, 0.1) is 5.92 Å². The lowest BCUT2D eigenvalue weighted by Gasteiger charge is -2.38. The topological polar surface area (TPSA) is 109 Å². The highest BCUT2D eigenvalue weighted by Crippen LogP contribution is 2.27. The first-order valence-corrected chi connectivity index (χ1v) is 9.52. The van der Waals surface area contributed by atoms with E-state index in [-0.39, 0.29) is 17.7 Å². The van der Waals surface area contributed by atoms with Crippen LogP contribution in [0.5, 0.6) is 0 Å². The third kappa shape index (κ3) is 3.43. The molecule has 2 amide bonds. The van der Waals surface area contributed by atoms with E-state index in [0.717, 1.165) is 31.7 Å². The average Bonchev–Trinajstić information content (AvgIpc) is 3.23. The van der Waals surface area contributed by atoms with Gasteiger partial charge in [0.1, 0.15) is 6.33 Å². The van der Waals surface area contributed by atoms with Gasteiger partial charge in [0.15, 0.2) is 17.0 Å². The Kier molecular flexibility index (Phi) is 4.87. The molecule has 0 bridgehead atoms. The second-order valence-electron chi connectivity index (χ2n) is 7.01. The minimum Gasteiger partial charge on any atom is -0.356 e. The van der Waals surface area contributed by atoms with Crippen LogP contribution in [0.15, 0.2) is 6.33 Å². The number of nitrogens with one attached hydrogen (secondary N) is 1.